The van der Waals surface area contributed by atoms with E-state index in [1.807, 2.05) is 48.7 Å². The molecule has 4 aromatic rings. The number of anilines is 2. The molecule has 2 heterocycles. The molecular formula is C28H28N4O2. The third-order valence-electron chi connectivity index (χ3n) is 6.61. The van der Waals surface area contributed by atoms with E-state index >= 15 is 0 Å². The third kappa shape index (κ3) is 4.71. The highest BCUT2D eigenvalue weighted by Crippen LogP contribution is 2.33. The van der Waals surface area contributed by atoms with Crippen LogP contribution in [0.15, 0.2) is 73.1 Å². The summed E-state index contributed by atoms with van der Waals surface area (Å²) in [6.07, 6.45) is 7.85. The van der Waals surface area contributed by atoms with Gasteiger partial charge in [0.15, 0.2) is 0 Å². The van der Waals surface area contributed by atoms with Crippen molar-refractivity contribution >= 4 is 34.1 Å². The van der Waals surface area contributed by atoms with Crippen LogP contribution in [0.4, 0.5) is 11.4 Å². The number of nitrogens with one attached hydrogen (secondary N) is 3. The molecule has 0 spiro atoms. The number of hydrogen-bond acceptors (Lipinski definition) is 3. The number of rotatable bonds is 5. The molecule has 172 valence electrons. The third-order valence-corrected chi connectivity index (χ3v) is 6.61. The van der Waals surface area contributed by atoms with Crippen molar-refractivity contribution in [2.75, 3.05) is 10.6 Å². The second-order valence-electron chi connectivity index (χ2n) is 9.17. The van der Waals surface area contributed by atoms with Gasteiger partial charge in [0.2, 0.25) is 5.91 Å². The lowest BCUT2D eigenvalue weighted by atomic mass is 9.82. The smallest absolute Gasteiger partial charge is 0.274 e. The molecule has 2 aromatic heterocycles. The molecule has 5 rings (SSSR count). The van der Waals surface area contributed by atoms with E-state index in [1.165, 1.54) is 6.42 Å². The second-order valence-corrected chi connectivity index (χ2v) is 9.17. The van der Waals surface area contributed by atoms with Gasteiger partial charge in [-0.05, 0) is 66.8 Å². The Hall–Kier alpha value is -3.93. The van der Waals surface area contributed by atoms with Crippen molar-refractivity contribution in [3.63, 3.8) is 0 Å². The molecule has 1 saturated carbocycles. The summed E-state index contributed by atoms with van der Waals surface area (Å²) in [7, 11) is 0. The van der Waals surface area contributed by atoms with Crippen LogP contribution in [0.25, 0.3) is 22.0 Å². The van der Waals surface area contributed by atoms with Gasteiger partial charge in [-0.3, -0.25) is 14.6 Å². The fraction of sp³-hybridized carbons (Fsp3) is 0.250. The average Bonchev–Trinajstić information content (AvgIpc) is 3.28. The zero-order chi connectivity index (χ0) is 23.5. The van der Waals surface area contributed by atoms with Gasteiger partial charge in [0, 0.05) is 46.2 Å². The molecule has 0 radical (unpaired) electrons. The van der Waals surface area contributed by atoms with Crippen LogP contribution in [0.1, 0.15) is 43.1 Å². The van der Waals surface area contributed by atoms with Gasteiger partial charge in [-0.1, -0.05) is 38.0 Å². The molecule has 34 heavy (non-hydrogen) atoms. The first-order valence-electron chi connectivity index (χ1n) is 11.8. The van der Waals surface area contributed by atoms with Gasteiger partial charge in [-0.25, -0.2) is 0 Å². The van der Waals surface area contributed by atoms with E-state index in [0.717, 1.165) is 47.0 Å². The van der Waals surface area contributed by atoms with Crippen molar-refractivity contribution in [2.24, 2.45) is 11.8 Å². The van der Waals surface area contributed by atoms with Crippen LogP contribution in [0, 0.1) is 11.8 Å². The monoisotopic (exact) mass is 452 g/mol. The Balaban J connectivity index is 1.32. The molecule has 0 bridgehead atoms. The van der Waals surface area contributed by atoms with Crippen LogP contribution >= 0.6 is 0 Å². The Morgan fingerprint density at radius 3 is 2.56 bits per heavy atom. The number of aromatic nitrogens is 2. The summed E-state index contributed by atoms with van der Waals surface area (Å²) >= 11 is 0. The summed E-state index contributed by atoms with van der Waals surface area (Å²) in [4.78, 5) is 32.6. The van der Waals surface area contributed by atoms with Gasteiger partial charge < -0.3 is 15.6 Å². The number of nitrogens with zero attached hydrogens (tertiary/aromatic N) is 1. The van der Waals surface area contributed by atoms with Gasteiger partial charge in [0.1, 0.15) is 5.69 Å². The van der Waals surface area contributed by atoms with E-state index in [1.54, 1.807) is 24.4 Å². The molecule has 6 heteroatoms. The molecule has 6 nitrogen and oxygen atoms in total. The standard InChI is InChI=1S/C28H28N4O2/c1-18-5-4-6-20(15-18)27(33)32-22-12-13-25-23(16-22)24(17-30-25)19-8-10-21(11-9-19)31-28(34)26-7-2-3-14-29-26/h2-3,7-14,16-18,20,30H,4-6,15H2,1H3,(H,31,34)(H,32,33). The van der Waals surface area contributed by atoms with Crippen molar-refractivity contribution < 1.29 is 9.59 Å². The number of amides is 2. The Labute approximate surface area is 198 Å². The van der Waals surface area contributed by atoms with Gasteiger partial charge in [0.25, 0.3) is 5.91 Å². The largest absolute Gasteiger partial charge is 0.361 e. The van der Waals surface area contributed by atoms with Gasteiger partial charge in [-0.2, -0.15) is 0 Å². The molecule has 2 aromatic carbocycles. The van der Waals surface area contributed by atoms with Gasteiger partial charge in [0.05, 0.1) is 0 Å². The number of carbonyl (C=O) groups excluding carboxylic acids is 2. The fourth-order valence-electron chi connectivity index (χ4n) is 4.78. The molecule has 0 aliphatic heterocycles. The highest BCUT2D eigenvalue weighted by molar-refractivity contribution is 6.03. The number of fused-ring (bicyclic) bond motifs is 1. The second kappa shape index (κ2) is 9.51. The Bertz CT molecular complexity index is 1310. The van der Waals surface area contributed by atoms with E-state index in [9.17, 15) is 9.59 Å². The maximum Gasteiger partial charge on any atom is 0.274 e. The molecule has 1 aliphatic carbocycles. The van der Waals surface area contributed by atoms with E-state index in [4.69, 9.17) is 0 Å². The zero-order valence-corrected chi connectivity index (χ0v) is 19.2. The molecule has 1 fully saturated rings. The van der Waals surface area contributed by atoms with Crippen LogP contribution in [0.2, 0.25) is 0 Å². The first-order valence-corrected chi connectivity index (χ1v) is 11.8. The lowest BCUT2D eigenvalue weighted by Crippen LogP contribution is -2.27. The summed E-state index contributed by atoms with van der Waals surface area (Å²) in [5.41, 5.74) is 4.96. The normalized spacial score (nSPS) is 17.9. The average molecular weight is 453 g/mol. The molecular weight excluding hydrogens is 424 g/mol. The van der Waals surface area contributed by atoms with E-state index in [0.29, 0.717) is 17.3 Å². The predicted molar refractivity (Wildman–Crippen MR) is 136 cm³/mol. The highest BCUT2D eigenvalue weighted by Gasteiger charge is 2.25. The van der Waals surface area contributed by atoms with Crippen molar-refractivity contribution in [1.82, 2.24) is 9.97 Å². The first-order chi connectivity index (χ1) is 16.6. The predicted octanol–water partition coefficient (Wildman–Crippen LogP) is 6.25. The topological polar surface area (TPSA) is 86.9 Å². The minimum absolute atomic E-state index is 0.0963. The number of benzene rings is 2. The maximum atomic E-state index is 12.8. The van der Waals surface area contributed by atoms with E-state index in [-0.39, 0.29) is 17.7 Å². The van der Waals surface area contributed by atoms with Crippen LogP contribution in [-0.4, -0.2) is 21.8 Å². The number of H-pyrrole nitrogens is 1. The van der Waals surface area contributed by atoms with Crippen molar-refractivity contribution in [3.05, 3.63) is 78.8 Å². The Morgan fingerprint density at radius 2 is 1.79 bits per heavy atom. The number of carbonyl (C=O) groups is 2. The van der Waals surface area contributed by atoms with Crippen LogP contribution in [-0.2, 0) is 4.79 Å². The summed E-state index contributed by atoms with van der Waals surface area (Å²) in [6.45, 7) is 2.23. The molecule has 2 unspecified atom stereocenters. The minimum Gasteiger partial charge on any atom is -0.361 e. The first kappa shape index (κ1) is 21.9. The highest BCUT2D eigenvalue weighted by atomic mass is 16.2. The number of aromatic amines is 1. The Morgan fingerprint density at radius 1 is 0.971 bits per heavy atom. The summed E-state index contributed by atoms with van der Waals surface area (Å²) < 4.78 is 0. The maximum absolute atomic E-state index is 12.8. The zero-order valence-electron chi connectivity index (χ0n) is 19.2. The summed E-state index contributed by atoms with van der Waals surface area (Å²) in [5.74, 6) is 0.586. The SMILES string of the molecule is CC1CCCC(C(=O)Nc2ccc3[nH]cc(-c4ccc(NC(=O)c5ccccn5)cc4)c3c2)C1. The molecule has 2 amide bonds. The van der Waals surface area contributed by atoms with Gasteiger partial charge >= 0.3 is 0 Å². The summed E-state index contributed by atoms with van der Waals surface area (Å²) in [5, 5.41) is 7.05. The molecule has 0 saturated heterocycles. The van der Waals surface area contributed by atoms with E-state index in [2.05, 4.69) is 27.5 Å². The van der Waals surface area contributed by atoms with Crippen LogP contribution < -0.4 is 10.6 Å². The molecule has 1 aliphatic rings. The molecule has 2 atom stereocenters. The fourth-order valence-corrected chi connectivity index (χ4v) is 4.78. The Kier molecular flexibility index (Phi) is 6.12. The van der Waals surface area contributed by atoms with Crippen molar-refractivity contribution in [3.8, 4) is 11.1 Å². The van der Waals surface area contributed by atoms with Crippen LogP contribution in [0.5, 0.6) is 0 Å². The lowest BCUT2D eigenvalue weighted by molar-refractivity contribution is -0.121. The van der Waals surface area contributed by atoms with Crippen LogP contribution in [0.3, 0.4) is 0 Å². The van der Waals surface area contributed by atoms with Gasteiger partial charge in [-0.15, -0.1) is 0 Å². The number of pyridine rings is 1. The quantitative estimate of drug-likeness (QED) is 0.335. The van der Waals surface area contributed by atoms with Crippen molar-refractivity contribution in [2.45, 2.75) is 32.6 Å². The minimum atomic E-state index is -0.242. The van der Waals surface area contributed by atoms with E-state index < -0.39 is 0 Å². The molecule has 3 N–H and O–H groups in total. The lowest BCUT2D eigenvalue weighted by Gasteiger charge is -2.25. The summed E-state index contributed by atoms with van der Waals surface area (Å²) in [6, 6.07) is 18.9. The number of hydrogen-bond donors (Lipinski definition) is 3. The van der Waals surface area contributed by atoms with Crippen molar-refractivity contribution in [1.29, 1.82) is 0 Å².